The molecule has 19 heavy (non-hydrogen) atoms. The molecular weight excluding hydrogens is 242 g/mol. The highest BCUT2D eigenvalue weighted by molar-refractivity contribution is 5.93. The van der Waals surface area contributed by atoms with E-state index in [-0.39, 0.29) is 12.1 Å². The molecule has 1 fully saturated rings. The van der Waals surface area contributed by atoms with Gasteiger partial charge in [-0.3, -0.25) is 0 Å². The molecule has 0 bridgehead atoms. The van der Waals surface area contributed by atoms with E-state index >= 15 is 0 Å². The van der Waals surface area contributed by atoms with Crippen molar-refractivity contribution < 1.29 is 14.3 Å². The van der Waals surface area contributed by atoms with Gasteiger partial charge in [-0.1, -0.05) is 13.3 Å². The van der Waals surface area contributed by atoms with Crippen LogP contribution in [0.4, 0.5) is 5.69 Å². The van der Waals surface area contributed by atoms with Gasteiger partial charge in [0, 0.05) is 11.8 Å². The molecule has 1 aliphatic carbocycles. The van der Waals surface area contributed by atoms with Crippen LogP contribution >= 0.6 is 0 Å². The number of nitrogens with two attached hydrogens (primary N) is 1. The average Bonchev–Trinajstić information content (AvgIpc) is 2.38. The second kappa shape index (κ2) is 5.95. The Bertz CT molecular complexity index is 459. The largest absolute Gasteiger partial charge is 0.496 e. The van der Waals surface area contributed by atoms with E-state index in [1.807, 2.05) is 0 Å². The number of nitrogen functional groups attached to an aromatic ring is 1. The predicted molar refractivity (Wildman–Crippen MR) is 74.2 cm³/mol. The Hall–Kier alpha value is -1.71. The van der Waals surface area contributed by atoms with Gasteiger partial charge in [-0.25, -0.2) is 4.79 Å². The lowest BCUT2D eigenvalue weighted by Gasteiger charge is -2.26. The number of carbonyl (C=O) groups is 1. The molecule has 2 unspecified atom stereocenters. The number of esters is 1. The van der Waals surface area contributed by atoms with Crippen molar-refractivity contribution in [3.05, 3.63) is 23.8 Å². The predicted octanol–water partition coefficient (Wildman–Crippen LogP) is 3.01. The van der Waals surface area contributed by atoms with Gasteiger partial charge in [-0.05, 0) is 37.3 Å². The molecule has 0 heterocycles. The van der Waals surface area contributed by atoms with Crippen LogP contribution in [0.2, 0.25) is 0 Å². The Morgan fingerprint density at radius 1 is 1.37 bits per heavy atom. The third-order valence-corrected chi connectivity index (χ3v) is 3.61. The molecule has 4 nitrogen and oxygen atoms in total. The van der Waals surface area contributed by atoms with E-state index in [0.29, 0.717) is 22.9 Å². The van der Waals surface area contributed by atoms with Gasteiger partial charge >= 0.3 is 5.97 Å². The van der Waals surface area contributed by atoms with Gasteiger partial charge in [0.1, 0.15) is 17.4 Å². The normalized spacial score (nSPS) is 22.8. The lowest BCUT2D eigenvalue weighted by molar-refractivity contribution is 0.0152. The molecule has 2 atom stereocenters. The Labute approximate surface area is 113 Å². The molecule has 0 amide bonds. The van der Waals surface area contributed by atoms with E-state index in [2.05, 4.69) is 6.92 Å². The van der Waals surface area contributed by atoms with Gasteiger partial charge in [0.25, 0.3) is 0 Å². The molecule has 1 saturated carbocycles. The van der Waals surface area contributed by atoms with Crippen molar-refractivity contribution >= 4 is 11.7 Å². The van der Waals surface area contributed by atoms with Crippen LogP contribution in [-0.2, 0) is 4.74 Å². The molecule has 0 aromatic heterocycles. The number of ether oxygens (including phenoxy) is 2. The molecule has 0 radical (unpaired) electrons. The van der Waals surface area contributed by atoms with Gasteiger partial charge in [0.15, 0.2) is 0 Å². The van der Waals surface area contributed by atoms with Gasteiger partial charge in [0.05, 0.1) is 7.11 Å². The minimum Gasteiger partial charge on any atom is -0.496 e. The third kappa shape index (κ3) is 3.40. The monoisotopic (exact) mass is 263 g/mol. The maximum Gasteiger partial charge on any atom is 0.342 e. The van der Waals surface area contributed by atoms with Crippen LogP contribution < -0.4 is 10.5 Å². The van der Waals surface area contributed by atoms with E-state index in [1.54, 1.807) is 18.2 Å². The quantitative estimate of drug-likeness (QED) is 0.672. The number of carbonyl (C=O) groups excluding carboxylic acids is 1. The molecule has 0 aliphatic heterocycles. The molecule has 2 N–H and O–H groups in total. The number of rotatable bonds is 3. The fourth-order valence-corrected chi connectivity index (χ4v) is 2.58. The van der Waals surface area contributed by atoms with E-state index < -0.39 is 0 Å². The summed E-state index contributed by atoms with van der Waals surface area (Å²) in [6.07, 6.45) is 4.27. The van der Waals surface area contributed by atoms with Crippen LogP contribution in [0.1, 0.15) is 43.0 Å². The van der Waals surface area contributed by atoms with Gasteiger partial charge in [-0.15, -0.1) is 0 Å². The number of methoxy groups -OCH3 is 1. The summed E-state index contributed by atoms with van der Waals surface area (Å²) in [6.45, 7) is 2.20. The molecule has 1 aromatic carbocycles. The van der Waals surface area contributed by atoms with Crippen molar-refractivity contribution in [2.24, 2.45) is 5.92 Å². The average molecular weight is 263 g/mol. The molecule has 4 heteroatoms. The van der Waals surface area contributed by atoms with Crippen molar-refractivity contribution in [1.82, 2.24) is 0 Å². The van der Waals surface area contributed by atoms with E-state index in [0.717, 1.165) is 19.3 Å². The smallest absolute Gasteiger partial charge is 0.342 e. The van der Waals surface area contributed by atoms with Crippen molar-refractivity contribution in [1.29, 1.82) is 0 Å². The third-order valence-electron chi connectivity index (χ3n) is 3.61. The zero-order valence-electron chi connectivity index (χ0n) is 11.5. The Morgan fingerprint density at radius 2 is 2.16 bits per heavy atom. The summed E-state index contributed by atoms with van der Waals surface area (Å²) in [7, 11) is 1.52. The summed E-state index contributed by atoms with van der Waals surface area (Å²) < 4.78 is 10.7. The summed E-state index contributed by atoms with van der Waals surface area (Å²) in [6, 6.07) is 4.98. The molecular formula is C15H21NO3. The summed E-state index contributed by atoms with van der Waals surface area (Å²) in [5, 5.41) is 0. The van der Waals surface area contributed by atoms with Crippen LogP contribution in [0.3, 0.4) is 0 Å². The van der Waals surface area contributed by atoms with Crippen LogP contribution in [0.15, 0.2) is 18.2 Å². The first-order valence-electron chi connectivity index (χ1n) is 6.74. The number of hydrogen-bond donors (Lipinski definition) is 1. The fourth-order valence-electron chi connectivity index (χ4n) is 2.58. The second-order valence-corrected chi connectivity index (χ2v) is 5.26. The topological polar surface area (TPSA) is 61.5 Å². The van der Waals surface area contributed by atoms with Gasteiger partial charge in [0.2, 0.25) is 0 Å². The Kier molecular flexibility index (Phi) is 4.30. The van der Waals surface area contributed by atoms with Crippen molar-refractivity contribution in [2.75, 3.05) is 12.8 Å². The first-order valence-corrected chi connectivity index (χ1v) is 6.74. The fraction of sp³-hybridized carbons (Fsp3) is 0.533. The standard InChI is InChI=1S/C15H21NO3/c1-10-4-3-5-12(8-10)19-15(17)13-7-6-11(16)9-14(13)18-2/h6-7,9-10,12H,3-5,8,16H2,1-2H3. The summed E-state index contributed by atoms with van der Waals surface area (Å²) in [5.41, 5.74) is 6.68. The van der Waals surface area contributed by atoms with E-state index in [1.165, 1.54) is 13.5 Å². The maximum atomic E-state index is 12.2. The van der Waals surface area contributed by atoms with Crippen LogP contribution in [-0.4, -0.2) is 19.2 Å². The summed E-state index contributed by atoms with van der Waals surface area (Å²) >= 11 is 0. The van der Waals surface area contributed by atoms with Crippen molar-refractivity contribution in [3.63, 3.8) is 0 Å². The van der Waals surface area contributed by atoms with E-state index in [9.17, 15) is 4.79 Å². The first kappa shape index (κ1) is 13.7. The maximum absolute atomic E-state index is 12.2. The Balaban J connectivity index is 2.07. The molecule has 104 valence electrons. The van der Waals surface area contributed by atoms with Gasteiger partial charge in [-0.2, -0.15) is 0 Å². The lowest BCUT2D eigenvalue weighted by atomic mass is 9.89. The zero-order valence-corrected chi connectivity index (χ0v) is 11.5. The molecule has 0 spiro atoms. The minimum atomic E-state index is -0.323. The molecule has 0 saturated heterocycles. The van der Waals surface area contributed by atoms with Crippen LogP contribution in [0.5, 0.6) is 5.75 Å². The number of benzene rings is 1. The molecule has 2 rings (SSSR count). The van der Waals surface area contributed by atoms with Crippen molar-refractivity contribution in [2.45, 2.75) is 38.7 Å². The summed E-state index contributed by atoms with van der Waals surface area (Å²) in [4.78, 5) is 12.2. The zero-order chi connectivity index (χ0) is 13.8. The molecule has 1 aromatic rings. The highest BCUT2D eigenvalue weighted by Crippen LogP contribution is 2.28. The van der Waals surface area contributed by atoms with E-state index in [4.69, 9.17) is 15.2 Å². The van der Waals surface area contributed by atoms with Crippen LogP contribution in [0, 0.1) is 5.92 Å². The van der Waals surface area contributed by atoms with Crippen LogP contribution in [0.25, 0.3) is 0 Å². The Morgan fingerprint density at radius 3 is 2.84 bits per heavy atom. The van der Waals surface area contributed by atoms with Crippen molar-refractivity contribution in [3.8, 4) is 5.75 Å². The second-order valence-electron chi connectivity index (χ2n) is 5.26. The highest BCUT2D eigenvalue weighted by atomic mass is 16.5. The van der Waals surface area contributed by atoms with Gasteiger partial charge < -0.3 is 15.2 Å². The summed E-state index contributed by atoms with van der Waals surface area (Å²) in [5.74, 6) is 0.768. The first-order chi connectivity index (χ1) is 9.10. The SMILES string of the molecule is COc1cc(N)ccc1C(=O)OC1CCCC(C)C1. The molecule has 1 aliphatic rings. The number of hydrogen-bond acceptors (Lipinski definition) is 4. The minimum absolute atomic E-state index is 0.0264. The number of anilines is 1. The highest BCUT2D eigenvalue weighted by Gasteiger charge is 2.24. The lowest BCUT2D eigenvalue weighted by Crippen LogP contribution is -2.24.